The van der Waals surface area contributed by atoms with E-state index in [1.807, 2.05) is 0 Å². The molecule has 0 atom stereocenters. The molecule has 15 heavy (non-hydrogen) atoms. The van der Waals surface area contributed by atoms with Crippen LogP contribution < -0.4 is 5.73 Å². The smallest absolute Gasteiger partial charge is 0.137 e. The summed E-state index contributed by atoms with van der Waals surface area (Å²) in [5.74, 6) is -0.257. The Kier molecular flexibility index (Phi) is 2.87. The molecule has 0 unspecified atom stereocenters. The van der Waals surface area contributed by atoms with Crippen LogP contribution in [0.5, 0.6) is 0 Å². The first-order chi connectivity index (χ1) is 7.27. The monoisotopic (exact) mass is 220 g/mol. The molecular weight excluding hydrogens is 211 g/mol. The van der Waals surface area contributed by atoms with E-state index in [0.717, 1.165) is 0 Å². The first-order valence-corrected chi connectivity index (χ1v) is 5.22. The lowest BCUT2D eigenvalue weighted by Crippen LogP contribution is -1.91. The van der Waals surface area contributed by atoms with Crippen molar-refractivity contribution in [2.24, 2.45) is 0 Å². The summed E-state index contributed by atoms with van der Waals surface area (Å²) in [6, 6.07) is 10.1. The van der Waals surface area contributed by atoms with Gasteiger partial charge in [-0.3, -0.25) is 0 Å². The molecule has 0 bridgehead atoms. The van der Waals surface area contributed by atoms with Gasteiger partial charge >= 0.3 is 0 Å². The van der Waals surface area contributed by atoms with Crippen LogP contribution in [-0.4, -0.2) is 4.98 Å². The van der Waals surface area contributed by atoms with Gasteiger partial charge in [0.05, 0.1) is 5.69 Å². The van der Waals surface area contributed by atoms with Gasteiger partial charge in [0, 0.05) is 11.1 Å². The highest BCUT2D eigenvalue weighted by molar-refractivity contribution is 7.99. The Balaban J connectivity index is 2.30. The Bertz CT molecular complexity index is 430. The number of pyridine rings is 1. The standard InChI is InChI=1S/C11H9FN2S/c12-8-4-1-2-6-10(8)15-11-9(13)5-3-7-14-11/h1-7H,13H2. The molecule has 2 rings (SSSR count). The Morgan fingerprint density at radius 2 is 1.93 bits per heavy atom. The maximum absolute atomic E-state index is 13.3. The van der Waals surface area contributed by atoms with Gasteiger partial charge in [-0.25, -0.2) is 9.37 Å². The summed E-state index contributed by atoms with van der Waals surface area (Å²) < 4.78 is 13.3. The van der Waals surface area contributed by atoms with E-state index in [4.69, 9.17) is 5.73 Å². The van der Waals surface area contributed by atoms with E-state index in [0.29, 0.717) is 15.6 Å². The average Bonchev–Trinajstić information content (AvgIpc) is 2.24. The SMILES string of the molecule is Nc1cccnc1Sc1ccccc1F. The number of hydrogen-bond donors (Lipinski definition) is 1. The number of nitrogens with two attached hydrogens (primary N) is 1. The van der Waals surface area contributed by atoms with Gasteiger partial charge in [0.15, 0.2) is 0 Å². The van der Waals surface area contributed by atoms with E-state index < -0.39 is 0 Å². The molecule has 0 spiro atoms. The lowest BCUT2D eigenvalue weighted by atomic mass is 10.3. The molecule has 2 nitrogen and oxygen atoms in total. The number of aromatic nitrogens is 1. The number of rotatable bonds is 2. The number of nitrogen functional groups attached to an aromatic ring is 1. The van der Waals surface area contributed by atoms with Gasteiger partial charge in [-0.05, 0) is 24.3 Å². The minimum absolute atomic E-state index is 0.257. The van der Waals surface area contributed by atoms with Gasteiger partial charge in [-0.15, -0.1) is 0 Å². The molecule has 2 N–H and O–H groups in total. The number of anilines is 1. The van der Waals surface area contributed by atoms with Crippen molar-refractivity contribution in [3.8, 4) is 0 Å². The van der Waals surface area contributed by atoms with E-state index in [1.165, 1.54) is 17.8 Å². The van der Waals surface area contributed by atoms with Crippen LogP contribution in [-0.2, 0) is 0 Å². The van der Waals surface area contributed by atoms with Crippen LogP contribution in [0.3, 0.4) is 0 Å². The quantitative estimate of drug-likeness (QED) is 0.845. The molecule has 0 amide bonds. The average molecular weight is 220 g/mol. The number of benzene rings is 1. The van der Waals surface area contributed by atoms with Crippen LogP contribution in [0.1, 0.15) is 0 Å². The summed E-state index contributed by atoms with van der Waals surface area (Å²) >= 11 is 1.23. The first-order valence-electron chi connectivity index (χ1n) is 4.40. The van der Waals surface area contributed by atoms with E-state index in [2.05, 4.69) is 4.98 Å². The highest BCUT2D eigenvalue weighted by atomic mass is 32.2. The number of nitrogens with zero attached hydrogens (tertiary/aromatic N) is 1. The van der Waals surface area contributed by atoms with Crippen molar-refractivity contribution >= 4 is 17.4 Å². The fourth-order valence-corrected chi connectivity index (χ4v) is 1.94. The molecule has 1 heterocycles. The molecule has 1 aromatic carbocycles. The molecule has 0 radical (unpaired) electrons. The van der Waals surface area contributed by atoms with Crippen LogP contribution in [0.2, 0.25) is 0 Å². The Morgan fingerprint density at radius 3 is 2.67 bits per heavy atom. The predicted molar refractivity (Wildman–Crippen MR) is 59.2 cm³/mol. The number of halogens is 1. The molecule has 0 aliphatic carbocycles. The summed E-state index contributed by atoms with van der Waals surface area (Å²) in [5.41, 5.74) is 6.27. The van der Waals surface area contributed by atoms with Crippen LogP contribution >= 0.6 is 11.8 Å². The second-order valence-electron chi connectivity index (χ2n) is 2.93. The maximum atomic E-state index is 13.3. The van der Waals surface area contributed by atoms with Crippen molar-refractivity contribution in [3.05, 3.63) is 48.4 Å². The lowest BCUT2D eigenvalue weighted by Gasteiger charge is -2.04. The summed E-state index contributed by atoms with van der Waals surface area (Å²) in [4.78, 5) is 4.62. The third-order valence-corrected chi connectivity index (χ3v) is 2.93. The van der Waals surface area contributed by atoms with Crippen molar-refractivity contribution in [1.82, 2.24) is 4.98 Å². The van der Waals surface area contributed by atoms with Crippen molar-refractivity contribution in [3.63, 3.8) is 0 Å². The van der Waals surface area contributed by atoms with Gasteiger partial charge in [0.1, 0.15) is 10.8 Å². The van der Waals surface area contributed by atoms with Gasteiger partial charge in [-0.2, -0.15) is 0 Å². The third kappa shape index (κ3) is 2.27. The van der Waals surface area contributed by atoms with Crippen molar-refractivity contribution in [1.29, 1.82) is 0 Å². The van der Waals surface area contributed by atoms with E-state index in [9.17, 15) is 4.39 Å². The predicted octanol–water partition coefficient (Wildman–Crippen LogP) is 2.95. The summed E-state index contributed by atoms with van der Waals surface area (Å²) in [6.07, 6.45) is 1.64. The molecule has 76 valence electrons. The summed E-state index contributed by atoms with van der Waals surface area (Å²) in [5, 5.41) is 0.627. The molecule has 0 fully saturated rings. The Hall–Kier alpha value is -1.55. The van der Waals surface area contributed by atoms with Crippen LogP contribution in [0.4, 0.5) is 10.1 Å². The van der Waals surface area contributed by atoms with Crippen molar-refractivity contribution < 1.29 is 4.39 Å². The van der Waals surface area contributed by atoms with Crippen molar-refractivity contribution in [2.45, 2.75) is 9.92 Å². The minimum atomic E-state index is -0.257. The van der Waals surface area contributed by atoms with Crippen LogP contribution in [0, 0.1) is 5.82 Å². The van der Waals surface area contributed by atoms with Crippen molar-refractivity contribution in [2.75, 3.05) is 5.73 Å². The molecule has 0 saturated heterocycles. The van der Waals surface area contributed by atoms with Gasteiger partial charge < -0.3 is 5.73 Å². The molecule has 0 aliphatic rings. The van der Waals surface area contributed by atoms with Crippen LogP contribution in [0.15, 0.2) is 52.5 Å². The molecule has 1 aromatic heterocycles. The second kappa shape index (κ2) is 4.31. The topological polar surface area (TPSA) is 38.9 Å². The largest absolute Gasteiger partial charge is 0.397 e. The minimum Gasteiger partial charge on any atom is -0.397 e. The van der Waals surface area contributed by atoms with Gasteiger partial charge in [0.25, 0.3) is 0 Å². The second-order valence-corrected chi connectivity index (χ2v) is 3.96. The van der Waals surface area contributed by atoms with E-state index in [1.54, 1.807) is 36.5 Å². The molecule has 0 aliphatic heterocycles. The fourth-order valence-electron chi connectivity index (χ4n) is 1.12. The highest BCUT2D eigenvalue weighted by Crippen LogP contribution is 2.31. The summed E-state index contributed by atoms with van der Waals surface area (Å²) in [7, 11) is 0. The number of hydrogen-bond acceptors (Lipinski definition) is 3. The third-order valence-electron chi connectivity index (χ3n) is 1.84. The Labute approximate surface area is 91.3 Å². The zero-order valence-electron chi connectivity index (χ0n) is 7.85. The molecule has 2 aromatic rings. The Morgan fingerprint density at radius 1 is 1.13 bits per heavy atom. The molecular formula is C11H9FN2S. The molecule has 4 heteroatoms. The van der Waals surface area contributed by atoms with E-state index >= 15 is 0 Å². The molecule has 0 saturated carbocycles. The lowest BCUT2D eigenvalue weighted by molar-refractivity contribution is 0.602. The van der Waals surface area contributed by atoms with Gasteiger partial charge in [-0.1, -0.05) is 23.9 Å². The fraction of sp³-hybridized carbons (Fsp3) is 0. The van der Waals surface area contributed by atoms with Gasteiger partial charge in [0.2, 0.25) is 0 Å². The summed E-state index contributed by atoms with van der Waals surface area (Å²) in [6.45, 7) is 0. The van der Waals surface area contributed by atoms with Crippen LogP contribution in [0.25, 0.3) is 0 Å². The maximum Gasteiger partial charge on any atom is 0.137 e. The zero-order valence-corrected chi connectivity index (χ0v) is 8.67. The first kappa shape index (κ1) is 9.98. The van der Waals surface area contributed by atoms with E-state index in [-0.39, 0.29) is 5.82 Å². The normalized spacial score (nSPS) is 10.2. The highest BCUT2D eigenvalue weighted by Gasteiger charge is 2.06. The zero-order chi connectivity index (χ0) is 10.7.